The zero-order valence-electron chi connectivity index (χ0n) is 16.3. The summed E-state index contributed by atoms with van der Waals surface area (Å²) in [5.74, 6) is 1.58. The van der Waals surface area contributed by atoms with E-state index in [1.807, 2.05) is 56.5 Å². The topological polar surface area (TPSA) is 63.5 Å². The standard InChI is InChI=1S/C19H26ClN5O2/c1-14-21-22-17(25(14)16-8-6-15(20)7-9-16)23-10-5-11-24(13-12-23)18(26)27-19(2,3)4/h6-9H,5,10-13H2,1-4H3. The third-order valence-electron chi connectivity index (χ3n) is 4.32. The van der Waals surface area contributed by atoms with Crippen molar-refractivity contribution in [2.75, 3.05) is 31.1 Å². The maximum absolute atomic E-state index is 12.4. The lowest BCUT2D eigenvalue weighted by atomic mass is 10.2. The van der Waals surface area contributed by atoms with Gasteiger partial charge in [0, 0.05) is 31.2 Å². The zero-order valence-corrected chi connectivity index (χ0v) is 17.0. The average Bonchev–Trinajstić information content (AvgIpc) is 2.81. The van der Waals surface area contributed by atoms with Crippen LogP contribution >= 0.6 is 11.6 Å². The largest absolute Gasteiger partial charge is 0.444 e. The van der Waals surface area contributed by atoms with E-state index in [4.69, 9.17) is 16.3 Å². The summed E-state index contributed by atoms with van der Waals surface area (Å²) in [6, 6.07) is 7.61. The van der Waals surface area contributed by atoms with Crippen LogP contribution in [0, 0.1) is 6.92 Å². The number of amides is 1. The summed E-state index contributed by atoms with van der Waals surface area (Å²) < 4.78 is 7.52. The number of carbonyl (C=O) groups is 1. The normalized spacial score (nSPS) is 15.6. The van der Waals surface area contributed by atoms with Crippen LogP contribution in [0.4, 0.5) is 10.7 Å². The number of carbonyl (C=O) groups excluding carboxylic acids is 1. The molecule has 2 aromatic rings. The van der Waals surface area contributed by atoms with E-state index in [2.05, 4.69) is 15.1 Å². The van der Waals surface area contributed by atoms with Crippen molar-refractivity contribution >= 4 is 23.6 Å². The van der Waals surface area contributed by atoms with Crippen molar-refractivity contribution in [2.24, 2.45) is 0 Å². The summed E-state index contributed by atoms with van der Waals surface area (Å²) >= 11 is 6.01. The molecule has 1 aromatic carbocycles. The Labute approximate surface area is 164 Å². The molecule has 8 heteroatoms. The fraction of sp³-hybridized carbons (Fsp3) is 0.526. The summed E-state index contributed by atoms with van der Waals surface area (Å²) in [6.07, 6.45) is 0.575. The number of ether oxygens (including phenoxy) is 1. The predicted molar refractivity (Wildman–Crippen MR) is 106 cm³/mol. The minimum atomic E-state index is -0.491. The summed E-state index contributed by atoms with van der Waals surface area (Å²) in [7, 11) is 0. The van der Waals surface area contributed by atoms with Gasteiger partial charge in [-0.15, -0.1) is 10.2 Å². The first-order valence-electron chi connectivity index (χ1n) is 9.15. The van der Waals surface area contributed by atoms with E-state index in [0.717, 1.165) is 30.4 Å². The smallest absolute Gasteiger partial charge is 0.410 e. The molecule has 0 spiro atoms. The van der Waals surface area contributed by atoms with Crippen molar-refractivity contribution in [1.29, 1.82) is 0 Å². The van der Waals surface area contributed by atoms with Gasteiger partial charge in [-0.25, -0.2) is 4.79 Å². The van der Waals surface area contributed by atoms with Gasteiger partial charge in [0.15, 0.2) is 0 Å². The Kier molecular flexibility index (Phi) is 5.60. The third-order valence-corrected chi connectivity index (χ3v) is 4.58. The third kappa shape index (κ3) is 4.71. The highest BCUT2D eigenvalue weighted by Crippen LogP contribution is 2.23. The number of hydrogen-bond donors (Lipinski definition) is 0. The van der Waals surface area contributed by atoms with E-state index in [1.54, 1.807) is 4.90 Å². The van der Waals surface area contributed by atoms with Gasteiger partial charge in [0.05, 0.1) is 5.69 Å². The van der Waals surface area contributed by atoms with Gasteiger partial charge in [0.25, 0.3) is 0 Å². The lowest BCUT2D eigenvalue weighted by Gasteiger charge is -2.26. The van der Waals surface area contributed by atoms with Crippen LogP contribution in [0.15, 0.2) is 24.3 Å². The lowest BCUT2D eigenvalue weighted by Crippen LogP contribution is -2.39. The molecule has 1 fully saturated rings. The molecule has 0 unspecified atom stereocenters. The van der Waals surface area contributed by atoms with Crippen LogP contribution in [0.3, 0.4) is 0 Å². The van der Waals surface area contributed by atoms with Gasteiger partial charge in [-0.1, -0.05) is 11.6 Å². The number of benzene rings is 1. The summed E-state index contributed by atoms with van der Waals surface area (Å²) in [5, 5.41) is 9.33. The van der Waals surface area contributed by atoms with E-state index >= 15 is 0 Å². The van der Waals surface area contributed by atoms with Gasteiger partial charge in [0.2, 0.25) is 5.95 Å². The van der Waals surface area contributed by atoms with Crippen molar-refractivity contribution in [3.05, 3.63) is 35.1 Å². The Morgan fingerprint density at radius 3 is 2.44 bits per heavy atom. The number of aryl methyl sites for hydroxylation is 1. The van der Waals surface area contributed by atoms with Gasteiger partial charge in [0.1, 0.15) is 11.4 Å². The molecule has 0 atom stereocenters. The molecule has 1 amide bonds. The second kappa shape index (κ2) is 7.76. The van der Waals surface area contributed by atoms with E-state index < -0.39 is 5.60 Å². The second-order valence-electron chi connectivity index (χ2n) is 7.67. The maximum atomic E-state index is 12.4. The number of halogens is 1. The SMILES string of the molecule is Cc1nnc(N2CCCN(C(=O)OC(C)(C)C)CC2)n1-c1ccc(Cl)cc1. The van der Waals surface area contributed by atoms with Crippen LogP contribution in [0.1, 0.15) is 33.0 Å². The van der Waals surface area contributed by atoms with Gasteiger partial charge >= 0.3 is 6.09 Å². The van der Waals surface area contributed by atoms with E-state index in [9.17, 15) is 4.79 Å². The van der Waals surface area contributed by atoms with Crippen LogP contribution in [0.25, 0.3) is 5.69 Å². The van der Waals surface area contributed by atoms with Crippen LogP contribution in [0.2, 0.25) is 5.02 Å². The minimum Gasteiger partial charge on any atom is -0.444 e. The molecule has 0 bridgehead atoms. The molecule has 0 saturated carbocycles. The van der Waals surface area contributed by atoms with Gasteiger partial charge < -0.3 is 14.5 Å². The minimum absolute atomic E-state index is 0.264. The van der Waals surface area contributed by atoms with Crippen molar-refractivity contribution in [3.8, 4) is 5.69 Å². The highest BCUT2D eigenvalue weighted by molar-refractivity contribution is 6.30. The molecule has 0 radical (unpaired) electrons. The molecule has 1 aromatic heterocycles. The first-order valence-corrected chi connectivity index (χ1v) is 9.53. The molecule has 27 heavy (non-hydrogen) atoms. The highest BCUT2D eigenvalue weighted by Gasteiger charge is 2.26. The van der Waals surface area contributed by atoms with Crippen LogP contribution < -0.4 is 4.90 Å². The van der Waals surface area contributed by atoms with Crippen molar-refractivity contribution in [2.45, 2.75) is 39.7 Å². The second-order valence-corrected chi connectivity index (χ2v) is 8.10. The van der Waals surface area contributed by atoms with Gasteiger partial charge in [-0.2, -0.15) is 0 Å². The number of aromatic nitrogens is 3. The zero-order chi connectivity index (χ0) is 19.6. The van der Waals surface area contributed by atoms with E-state index in [0.29, 0.717) is 24.7 Å². The number of hydrogen-bond acceptors (Lipinski definition) is 5. The first kappa shape index (κ1) is 19.5. The summed E-state index contributed by atoms with van der Waals surface area (Å²) in [4.78, 5) is 16.3. The van der Waals surface area contributed by atoms with Crippen molar-refractivity contribution in [1.82, 2.24) is 19.7 Å². The molecular weight excluding hydrogens is 366 g/mol. The first-order chi connectivity index (χ1) is 12.7. The molecule has 0 aliphatic carbocycles. The molecule has 2 heterocycles. The number of anilines is 1. The molecule has 1 aliphatic heterocycles. The number of rotatable bonds is 2. The Morgan fingerprint density at radius 1 is 1.07 bits per heavy atom. The molecule has 1 aliphatic rings. The van der Waals surface area contributed by atoms with E-state index in [-0.39, 0.29) is 6.09 Å². The quantitative estimate of drug-likeness (QED) is 0.781. The predicted octanol–water partition coefficient (Wildman–Crippen LogP) is 3.68. The molecule has 0 N–H and O–H groups in total. The van der Waals surface area contributed by atoms with Gasteiger partial charge in [-0.05, 0) is 58.4 Å². The highest BCUT2D eigenvalue weighted by atomic mass is 35.5. The Balaban J connectivity index is 1.77. The average molecular weight is 392 g/mol. The Bertz CT molecular complexity index is 797. The summed E-state index contributed by atoms with van der Waals surface area (Å²) in [6.45, 7) is 10.3. The molecule has 1 saturated heterocycles. The van der Waals surface area contributed by atoms with Crippen LogP contribution in [0.5, 0.6) is 0 Å². The Hall–Kier alpha value is -2.28. The van der Waals surface area contributed by atoms with Gasteiger partial charge in [-0.3, -0.25) is 4.57 Å². The lowest BCUT2D eigenvalue weighted by molar-refractivity contribution is 0.0263. The fourth-order valence-corrected chi connectivity index (χ4v) is 3.20. The molecule has 7 nitrogen and oxygen atoms in total. The van der Waals surface area contributed by atoms with Crippen molar-refractivity contribution < 1.29 is 9.53 Å². The Morgan fingerprint density at radius 2 is 1.78 bits per heavy atom. The molecular formula is C19H26ClN5O2. The number of nitrogens with zero attached hydrogens (tertiary/aromatic N) is 5. The summed E-state index contributed by atoms with van der Waals surface area (Å²) in [5.41, 5.74) is 0.472. The monoisotopic (exact) mass is 391 g/mol. The van der Waals surface area contributed by atoms with Crippen LogP contribution in [-0.2, 0) is 4.74 Å². The van der Waals surface area contributed by atoms with E-state index in [1.165, 1.54) is 0 Å². The molecule has 146 valence electrons. The fourth-order valence-electron chi connectivity index (χ4n) is 3.07. The maximum Gasteiger partial charge on any atom is 0.410 e. The van der Waals surface area contributed by atoms with Crippen molar-refractivity contribution in [3.63, 3.8) is 0 Å². The van der Waals surface area contributed by atoms with Crippen LogP contribution in [-0.4, -0.2) is 57.5 Å². The molecule has 3 rings (SSSR count).